The maximum Gasteiger partial charge on any atom is 0.123 e. The van der Waals surface area contributed by atoms with Crippen LogP contribution in [-0.2, 0) is 6.42 Å². The summed E-state index contributed by atoms with van der Waals surface area (Å²) in [6, 6.07) is 9.54. The molecular formula is C14H18NS+. The Morgan fingerprint density at radius 1 is 1.31 bits per heavy atom. The predicted octanol–water partition coefficient (Wildman–Crippen LogP) is 2.72. The Morgan fingerprint density at radius 3 is 2.94 bits per heavy atom. The molecular weight excluding hydrogens is 214 g/mol. The average molecular weight is 232 g/mol. The van der Waals surface area contributed by atoms with E-state index >= 15 is 0 Å². The molecule has 2 heteroatoms. The van der Waals surface area contributed by atoms with Crippen LogP contribution in [0.1, 0.15) is 30.3 Å². The number of benzene rings is 1. The van der Waals surface area contributed by atoms with Crippen molar-refractivity contribution in [3.05, 3.63) is 34.7 Å². The normalized spacial score (nSPS) is 20.3. The van der Waals surface area contributed by atoms with E-state index in [0.29, 0.717) is 6.04 Å². The first-order chi connectivity index (χ1) is 7.77. The van der Waals surface area contributed by atoms with Gasteiger partial charge in [0.2, 0.25) is 0 Å². The van der Waals surface area contributed by atoms with Crippen LogP contribution in [0.4, 0.5) is 0 Å². The van der Waals surface area contributed by atoms with Crippen LogP contribution in [0.2, 0.25) is 0 Å². The Balaban J connectivity index is 2.21. The van der Waals surface area contributed by atoms with Crippen LogP contribution in [0.15, 0.2) is 24.3 Å². The van der Waals surface area contributed by atoms with Crippen molar-refractivity contribution in [1.29, 1.82) is 0 Å². The molecule has 1 aliphatic rings. The van der Waals surface area contributed by atoms with E-state index < -0.39 is 0 Å². The van der Waals surface area contributed by atoms with Gasteiger partial charge in [-0.1, -0.05) is 32.0 Å². The highest BCUT2D eigenvalue weighted by Gasteiger charge is 2.29. The fourth-order valence-corrected chi connectivity index (χ4v) is 4.26. The third kappa shape index (κ3) is 1.48. The summed E-state index contributed by atoms with van der Waals surface area (Å²) < 4.78 is 1.47. The van der Waals surface area contributed by atoms with Crippen molar-refractivity contribution < 1.29 is 5.32 Å². The maximum absolute atomic E-state index is 2.52. The highest BCUT2D eigenvalue weighted by atomic mass is 32.1. The van der Waals surface area contributed by atoms with E-state index in [1.165, 1.54) is 23.1 Å². The standard InChI is InChI=1S/C14H17NS/c1-9(2)13-14-11(7-8-15-13)10-5-3-4-6-12(10)16-14/h3-6,9,13,15H,7-8H2,1-2H3/p+1/t13-/m0/s1. The molecule has 0 saturated carbocycles. The Bertz CT molecular complexity index is 512. The van der Waals surface area contributed by atoms with Crippen LogP contribution in [0, 0.1) is 5.92 Å². The molecule has 0 unspecified atom stereocenters. The van der Waals surface area contributed by atoms with Gasteiger partial charge in [-0.2, -0.15) is 0 Å². The molecule has 0 spiro atoms. The zero-order valence-corrected chi connectivity index (χ0v) is 10.7. The first kappa shape index (κ1) is 10.3. The lowest BCUT2D eigenvalue weighted by Crippen LogP contribution is -2.88. The number of nitrogens with two attached hydrogens (primary N) is 1. The summed E-state index contributed by atoms with van der Waals surface area (Å²) in [6.45, 7) is 5.91. The second kappa shape index (κ2) is 3.86. The van der Waals surface area contributed by atoms with Crippen LogP contribution < -0.4 is 5.32 Å². The number of hydrogen-bond acceptors (Lipinski definition) is 1. The minimum Gasteiger partial charge on any atom is -0.339 e. The predicted molar refractivity (Wildman–Crippen MR) is 69.9 cm³/mol. The molecule has 1 nitrogen and oxygen atoms in total. The lowest BCUT2D eigenvalue weighted by molar-refractivity contribution is -0.704. The summed E-state index contributed by atoms with van der Waals surface area (Å²) >= 11 is 2.00. The molecule has 2 aromatic rings. The first-order valence-corrected chi connectivity index (χ1v) is 6.92. The Labute approximate surface area is 100 Å². The van der Waals surface area contributed by atoms with Crippen molar-refractivity contribution in [3.63, 3.8) is 0 Å². The minimum absolute atomic E-state index is 0.682. The fourth-order valence-electron chi connectivity index (χ4n) is 2.73. The lowest BCUT2D eigenvalue weighted by Gasteiger charge is -2.23. The average Bonchev–Trinajstić information content (AvgIpc) is 2.67. The van der Waals surface area contributed by atoms with Gasteiger partial charge >= 0.3 is 0 Å². The Hall–Kier alpha value is -0.860. The molecule has 0 saturated heterocycles. The molecule has 16 heavy (non-hydrogen) atoms. The topological polar surface area (TPSA) is 16.6 Å². The summed E-state index contributed by atoms with van der Waals surface area (Å²) in [5.74, 6) is 0.729. The first-order valence-electron chi connectivity index (χ1n) is 6.11. The third-order valence-electron chi connectivity index (χ3n) is 3.57. The van der Waals surface area contributed by atoms with Crippen molar-refractivity contribution in [2.24, 2.45) is 5.92 Å². The van der Waals surface area contributed by atoms with Crippen LogP contribution in [0.5, 0.6) is 0 Å². The number of hydrogen-bond donors (Lipinski definition) is 1. The van der Waals surface area contributed by atoms with E-state index in [-0.39, 0.29) is 0 Å². The Kier molecular flexibility index (Phi) is 2.49. The molecule has 2 heterocycles. The highest BCUT2D eigenvalue weighted by molar-refractivity contribution is 7.19. The molecule has 84 valence electrons. The molecule has 3 rings (SSSR count). The lowest BCUT2D eigenvalue weighted by atomic mass is 9.93. The third-order valence-corrected chi connectivity index (χ3v) is 4.88. The van der Waals surface area contributed by atoms with Crippen LogP contribution in [-0.4, -0.2) is 6.54 Å². The zero-order valence-electron chi connectivity index (χ0n) is 9.86. The molecule has 0 radical (unpaired) electrons. The van der Waals surface area contributed by atoms with E-state index in [2.05, 4.69) is 43.4 Å². The second-order valence-corrected chi connectivity index (χ2v) is 6.07. The van der Waals surface area contributed by atoms with E-state index in [1.54, 1.807) is 10.4 Å². The highest BCUT2D eigenvalue weighted by Crippen LogP contribution is 2.37. The molecule has 2 N–H and O–H groups in total. The zero-order chi connectivity index (χ0) is 11.1. The monoisotopic (exact) mass is 232 g/mol. The summed E-state index contributed by atoms with van der Waals surface area (Å²) in [5, 5.41) is 4.02. The summed E-state index contributed by atoms with van der Waals surface area (Å²) in [4.78, 5) is 1.63. The SMILES string of the molecule is CC(C)[C@@H]1[NH2+]CCc2c1sc1ccccc21. The van der Waals surface area contributed by atoms with Crippen molar-refractivity contribution in [3.8, 4) is 0 Å². The Morgan fingerprint density at radius 2 is 2.12 bits per heavy atom. The fraction of sp³-hybridized carbons (Fsp3) is 0.429. The molecule has 0 fully saturated rings. The van der Waals surface area contributed by atoms with Gasteiger partial charge in [0.05, 0.1) is 11.4 Å². The van der Waals surface area contributed by atoms with Crippen LogP contribution in [0.25, 0.3) is 10.1 Å². The molecule has 1 aromatic carbocycles. The van der Waals surface area contributed by atoms with Gasteiger partial charge in [0, 0.05) is 17.0 Å². The largest absolute Gasteiger partial charge is 0.339 e. The smallest absolute Gasteiger partial charge is 0.123 e. The van der Waals surface area contributed by atoms with Gasteiger partial charge in [-0.05, 0) is 17.0 Å². The number of rotatable bonds is 1. The quantitative estimate of drug-likeness (QED) is 0.778. The summed E-state index contributed by atoms with van der Waals surface area (Å²) in [5.41, 5.74) is 1.63. The van der Waals surface area contributed by atoms with Crippen molar-refractivity contribution in [2.75, 3.05) is 6.54 Å². The van der Waals surface area contributed by atoms with Gasteiger partial charge in [0.1, 0.15) is 6.04 Å². The number of quaternary nitrogens is 1. The molecule has 0 amide bonds. The van der Waals surface area contributed by atoms with Gasteiger partial charge in [0.25, 0.3) is 0 Å². The van der Waals surface area contributed by atoms with Gasteiger partial charge < -0.3 is 5.32 Å². The minimum atomic E-state index is 0.682. The van der Waals surface area contributed by atoms with E-state index in [4.69, 9.17) is 0 Å². The molecule has 1 aliphatic heterocycles. The van der Waals surface area contributed by atoms with Gasteiger partial charge in [-0.15, -0.1) is 11.3 Å². The number of thiophene rings is 1. The summed E-state index contributed by atoms with van der Waals surface area (Å²) in [6.07, 6.45) is 1.24. The molecule has 1 aromatic heterocycles. The number of fused-ring (bicyclic) bond motifs is 3. The van der Waals surface area contributed by atoms with Crippen molar-refractivity contribution in [2.45, 2.75) is 26.3 Å². The molecule has 1 atom stereocenters. The molecule has 0 aliphatic carbocycles. The maximum atomic E-state index is 2.52. The van der Waals surface area contributed by atoms with E-state index in [9.17, 15) is 0 Å². The summed E-state index contributed by atoms with van der Waals surface area (Å²) in [7, 11) is 0. The van der Waals surface area contributed by atoms with Gasteiger partial charge in [0.15, 0.2) is 0 Å². The van der Waals surface area contributed by atoms with Gasteiger partial charge in [-0.3, -0.25) is 0 Å². The van der Waals surface area contributed by atoms with Gasteiger partial charge in [-0.25, -0.2) is 0 Å². The van der Waals surface area contributed by atoms with Crippen LogP contribution >= 0.6 is 11.3 Å². The molecule has 0 bridgehead atoms. The van der Waals surface area contributed by atoms with Crippen molar-refractivity contribution >= 4 is 21.4 Å². The van der Waals surface area contributed by atoms with Crippen molar-refractivity contribution in [1.82, 2.24) is 0 Å². The van der Waals surface area contributed by atoms with E-state index in [0.717, 1.165) is 5.92 Å². The second-order valence-electron chi connectivity index (χ2n) is 4.99. The van der Waals surface area contributed by atoms with Crippen LogP contribution in [0.3, 0.4) is 0 Å². The van der Waals surface area contributed by atoms with E-state index in [1.807, 2.05) is 11.3 Å².